The van der Waals surface area contributed by atoms with E-state index in [1.54, 1.807) is 0 Å². The molecule has 0 bridgehead atoms. The molecular weight excluding hydrogens is 445 g/mol. The first kappa shape index (κ1) is 22.4. The van der Waals surface area contributed by atoms with Crippen molar-refractivity contribution in [3.63, 3.8) is 0 Å². The van der Waals surface area contributed by atoms with Crippen LogP contribution in [0.2, 0.25) is 4.34 Å². The van der Waals surface area contributed by atoms with E-state index in [-0.39, 0.29) is 10.6 Å². The third-order valence-electron chi connectivity index (χ3n) is 4.36. The zero-order chi connectivity index (χ0) is 21.9. The molecule has 0 radical (unpaired) electrons. The topological polar surface area (TPSA) is 67.9 Å². The molecule has 1 aromatic carbocycles. The van der Waals surface area contributed by atoms with Crippen molar-refractivity contribution in [2.45, 2.75) is 19.2 Å². The molecule has 11 heteroatoms. The van der Waals surface area contributed by atoms with Crippen molar-refractivity contribution in [2.75, 3.05) is 36.5 Å². The van der Waals surface area contributed by atoms with Gasteiger partial charge in [-0.3, -0.25) is 4.79 Å². The largest absolute Gasteiger partial charge is 0.448 e. The Kier molecular flexibility index (Phi) is 6.89. The van der Waals surface area contributed by atoms with Crippen LogP contribution in [0.15, 0.2) is 30.3 Å². The average molecular weight is 463 g/mol. The number of rotatable bonds is 5. The maximum absolute atomic E-state index is 13.2. The molecule has 162 valence electrons. The minimum absolute atomic E-state index is 0.0150. The minimum atomic E-state index is -4.57. The maximum atomic E-state index is 13.2. The quantitative estimate of drug-likeness (QED) is 0.665. The Balaban J connectivity index is 1.78. The summed E-state index contributed by atoms with van der Waals surface area (Å²) in [4.78, 5) is 26.7. The molecule has 1 fully saturated rings. The van der Waals surface area contributed by atoms with Crippen molar-refractivity contribution in [1.82, 2.24) is 0 Å². The highest BCUT2D eigenvalue weighted by atomic mass is 35.5. The normalized spacial score (nSPS) is 15.6. The number of nitrogens with zero attached hydrogens (tertiary/aromatic N) is 1. The van der Waals surface area contributed by atoms with Crippen molar-refractivity contribution in [3.8, 4) is 0 Å². The number of ether oxygens (including phenoxy) is 2. The van der Waals surface area contributed by atoms with Gasteiger partial charge in [0.1, 0.15) is 4.88 Å². The highest BCUT2D eigenvalue weighted by molar-refractivity contribution is 7.17. The van der Waals surface area contributed by atoms with Crippen LogP contribution in [0, 0.1) is 0 Å². The van der Waals surface area contributed by atoms with E-state index in [2.05, 4.69) is 5.32 Å². The van der Waals surface area contributed by atoms with Crippen LogP contribution in [-0.2, 0) is 20.4 Å². The van der Waals surface area contributed by atoms with E-state index in [0.29, 0.717) is 36.3 Å². The van der Waals surface area contributed by atoms with E-state index in [9.17, 15) is 22.8 Å². The van der Waals surface area contributed by atoms with Gasteiger partial charge in [-0.25, -0.2) is 4.79 Å². The zero-order valence-corrected chi connectivity index (χ0v) is 17.4. The summed E-state index contributed by atoms with van der Waals surface area (Å²) in [6, 6.07) is 6.13. The van der Waals surface area contributed by atoms with Crippen LogP contribution >= 0.6 is 22.9 Å². The lowest BCUT2D eigenvalue weighted by atomic mass is 10.1. The SMILES string of the molecule is C[C@@H](OC(=O)c1ccc(Cl)s1)C(=O)Nc1cc(C(F)(F)F)ccc1N1CCOCC1. The number of alkyl halides is 3. The number of hydrogen-bond acceptors (Lipinski definition) is 6. The molecule has 0 saturated carbocycles. The molecule has 1 amide bonds. The van der Waals surface area contributed by atoms with Crippen molar-refractivity contribution in [3.05, 3.63) is 45.1 Å². The summed E-state index contributed by atoms with van der Waals surface area (Å²) in [7, 11) is 0. The molecule has 0 unspecified atom stereocenters. The van der Waals surface area contributed by atoms with Crippen LogP contribution in [0.1, 0.15) is 22.2 Å². The summed E-state index contributed by atoms with van der Waals surface area (Å²) in [5.74, 6) is -1.49. The highest BCUT2D eigenvalue weighted by Gasteiger charge is 2.32. The number of amides is 1. The molecule has 0 aliphatic carbocycles. The number of thiophene rings is 1. The molecule has 1 atom stereocenters. The van der Waals surface area contributed by atoms with E-state index >= 15 is 0 Å². The van der Waals surface area contributed by atoms with Crippen LogP contribution in [0.4, 0.5) is 24.5 Å². The maximum Gasteiger partial charge on any atom is 0.416 e. The Hall–Kier alpha value is -2.30. The molecular formula is C19H18ClF3N2O4S. The fourth-order valence-corrected chi connectivity index (χ4v) is 3.75. The van der Waals surface area contributed by atoms with Gasteiger partial charge in [0.05, 0.1) is 34.5 Å². The van der Waals surface area contributed by atoms with Crippen LogP contribution in [0.5, 0.6) is 0 Å². The van der Waals surface area contributed by atoms with Gasteiger partial charge in [-0.2, -0.15) is 13.2 Å². The second-order valence-electron chi connectivity index (χ2n) is 6.47. The molecule has 6 nitrogen and oxygen atoms in total. The third kappa shape index (κ3) is 5.44. The van der Waals surface area contributed by atoms with Gasteiger partial charge >= 0.3 is 12.1 Å². The van der Waals surface area contributed by atoms with Crippen molar-refractivity contribution >= 4 is 46.2 Å². The van der Waals surface area contributed by atoms with Gasteiger partial charge in [0.2, 0.25) is 0 Å². The minimum Gasteiger partial charge on any atom is -0.448 e. The van der Waals surface area contributed by atoms with E-state index in [1.165, 1.54) is 25.1 Å². The monoisotopic (exact) mass is 462 g/mol. The van der Waals surface area contributed by atoms with Gasteiger partial charge in [-0.15, -0.1) is 11.3 Å². The molecule has 3 rings (SSSR count). The van der Waals surface area contributed by atoms with Gasteiger partial charge in [0.15, 0.2) is 6.10 Å². The van der Waals surface area contributed by atoms with Crippen molar-refractivity contribution in [1.29, 1.82) is 0 Å². The lowest BCUT2D eigenvalue weighted by molar-refractivity contribution is -0.137. The van der Waals surface area contributed by atoms with E-state index in [0.717, 1.165) is 23.5 Å². The second-order valence-corrected chi connectivity index (χ2v) is 8.18. The highest BCUT2D eigenvalue weighted by Crippen LogP contribution is 2.36. The van der Waals surface area contributed by atoms with Gasteiger partial charge in [0.25, 0.3) is 5.91 Å². The Bertz CT molecular complexity index is 929. The summed E-state index contributed by atoms with van der Waals surface area (Å²) >= 11 is 6.77. The fourth-order valence-electron chi connectivity index (χ4n) is 2.82. The van der Waals surface area contributed by atoms with E-state index in [4.69, 9.17) is 21.1 Å². The molecule has 1 aliphatic rings. The number of esters is 1. The standard InChI is InChI=1S/C19H18ClF3N2O4S/c1-11(29-18(27)15-4-5-16(20)30-15)17(26)24-13-10-12(19(21,22)23)2-3-14(13)25-6-8-28-9-7-25/h2-5,10-11H,6-9H2,1H3,(H,24,26)/t11-/m1/s1. The summed E-state index contributed by atoms with van der Waals surface area (Å²) in [5.41, 5.74) is -0.477. The predicted molar refractivity (Wildman–Crippen MR) is 107 cm³/mol. The number of benzene rings is 1. The van der Waals surface area contributed by atoms with E-state index < -0.39 is 29.7 Å². The molecule has 1 saturated heterocycles. The second kappa shape index (κ2) is 9.23. The molecule has 1 N–H and O–H groups in total. The first-order valence-corrected chi connectivity index (χ1v) is 10.2. The number of morpholine rings is 1. The summed E-state index contributed by atoms with van der Waals surface area (Å²) < 4.78 is 50.3. The molecule has 0 spiro atoms. The predicted octanol–water partition coefficient (Wildman–Crippen LogP) is 4.44. The number of halogens is 4. The first-order chi connectivity index (χ1) is 14.1. The third-order valence-corrected chi connectivity index (χ3v) is 5.57. The Morgan fingerprint density at radius 2 is 1.93 bits per heavy atom. The molecule has 30 heavy (non-hydrogen) atoms. The van der Waals surface area contributed by atoms with Gasteiger partial charge in [-0.1, -0.05) is 11.6 Å². The van der Waals surface area contributed by atoms with Crippen molar-refractivity contribution < 1.29 is 32.2 Å². The molecule has 1 aromatic heterocycles. The van der Waals surface area contributed by atoms with Crippen LogP contribution in [-0.4, -0.2) is 44.3 Å². The van der Waals surface area contributed by atoms with Crippen molar-refractivity contribution in [2.24, 2.45) is 0 Å². The van der Waals surface area contributed by atoms with Gasteiger partial charge in [0, 0.05) is 13.1 Å². The van der Waals surface area contributed by atoms with Gasteiger partial charge < -0.3 is 19.7 Å². The first-order valence-electron chi connectivity index (χ1n) is 8.96. The Morgan fingerprint density at radius 1 is 1.23 bits per heavy atom. The number of anilines is 2. The number of hydrogen-bond donors (Lipinski definition) is 1. The molecule has 2 heterocycles. The lowest BCUT2D eigenvalue weighted by Crippen LogP contribution is -2.37. The Labute approximate surface area is 179 Å². The summed E-state index contributed by atoms with van der Waals surface area (Å²) in [6.07, 6.45) is -5.80. The van der Waals surface area contributed by atoms with Crippen LogP contribution < -0.4 is 10.2 Å². The summed E-state index contributed by atoms with van der Waals surface area (Å²) in [6.45, 7) is 3.12. The smallest absolute Gasteiger partial charge is 0.416 e. The summed E-state index contributed by atoms with van der Waals surface area (Å²) in [5, 5.41) is 2.46. The fraction of sp³-hybridized carbons (Fsp3) is 0.368. The Morgan fingerprint density at radius 3 is 2.53 bits per heavy atom. The number of carbonyl (C=O) groups excluding carboxylic acids is 2. The van der Waals surface area contributed by atoms with Crippen LogP contribution in [0.25, 0.3) is 0 Å². The van der Waals surface area contributed by atoms with E-state index in [1.807, 2.05) is 4.90 Å². The lowest BCUT2D eigenvalue weighted by Gasteiger charge is -2.31. The average Bonchev–Trinajstić information content (AvgIpc) is 3.14. The molecule has 2 aromatic rings. The zero-order valence-electron chi connectivity index (χ0n) is 15.8. The van der Waals surface area contributed by atoms with Gasteiger partial charge in [-0.05, 0) is 37.3 Å². The molecule has 1 aliphatic heterocycles. The number of carbonyl (C=O) groups is 2. The van der Waals surface area contributed by atoms with Crippen LogP contribution in [0.3, 0.4) is 0 Å². The number of nitrogens with one attached hydrogen (secondary N) is 1.